The lowest BCUT2D eigenvalue weighted by Crippen LogP contribution is -2.08. The Morgan fingerprint density at radius 3 is 2.79 bits per heavy atom. The van der Waals surface area contributed by atoms with Gasteiger partial charge in [0, 0.05) is 24.5 Å². The molecule has 1 heterocycles. The van der Waals surface area contributed by atoms with Gasteiger partial charge in [0.05, 0.1) is 17.3 Å². The maximum atomic E-state index is 13.6. The monoisotopic (exact) mass is 284 g/mol. The van der Waals surface area contributed by atoms with Gasteiger partial charge in [-0.2, -0.15) is 0 Å². The maximum Gasteiger partial charge on any atom is 0.150 e. The first kappa shape index (κ1) is 13.9. The quantitative estimate of drug-likeness (QED) is 0.859. The summed E-state index contributed by atoms with van der Waals surface area (Å²) < 4.78 is 28.6. The summed E-state index contributed by atoms with van der Waals surface area (Å²) in [6, 6.07) is 5.81. The molecule has 0 unspecified atom stereocenters. The molecule has 0 aliphatic rings. The predicted molar refractivity (Wildman–Crippen MR) is 73.4 cm³/mol. The van der Waals surface area contributed by atoms with Crippen LogP contribution >= 0.6 is 11.6 Å². The highest BCUT2D eigenvalue weighted by Crippen LogP contribution is 2.26. The van der Waals surface area contributed by atoms with E-state index in [1.807, 2.05) is 18.3 Å². The highest BCUT2D eigenvalue weighted by molar-refractivity contribution is 6.33. The van der Waals surface area contributed by atoms with E-state index in [1.165, 1.54) is 0 Å². The number of hydrogen-bond donors (Lipinski definition) is 1. The molecule has 1 N–H and O–H groups in total. The van der Waals surface area contributed by atoms with Crippen molar-refractivity contribution in [1.82, 2.24) is 4.57 Å². The van der Waals surface area contributed by atoms with E-state index in [1.54, 1.807) is 0 Å². The first-order valence-electron chi connectivity index (χ1n) is 6.14. The number of aryl methyl sites for hydroxylation is 1. The van der Waals surface area contributed by atoms with Crippen LogP contribution in [-0.2, 0) is 13.1 Å². The summed E-state index contributed by atoms with van der Waals surface area (Å²) in [5, 5.41) is 2.96. The highest BCUT2D eigenvalue weighted by atomic mass is 35.5. The Morgan fingerprint density at radius 2 is 2.11 bits per heavy atom. The molecule has 0 radical (unpaired) electrons. The SMILES string of the molecule is CCCn1cccc1CNc1c(F)cc(F)cc1Cl. The molecule has 0 amide bonds. The number of anilines is 1. The van der Waals surface area contributed by atoms with Crippen molar-refractivity contribution >= 4 is 17.3 Å². The summed E-state index contributed by atoms with van der Waals surface area (Å²) in [5.74, 6) is -1.36. The van der Waals surface area contributed by atoms with E-state index < -0.39 is 11.6 Å². The third-order valence-electron chi connectivity index (χ3n) is 2.84. The summed E-state index contributed by atoms with van der Waals surface area (Å²) in [6.45, 7) is 3.44. The normalized spacial score (nSPS) is 10.7. The summed E-state index contributed by atoms with van der Waals surface area (Å²) >= 11 is 5.83. The van der Waals surface area contributed by atoms with Crippen LogP contribution in [0.15, 0.2) is 30.5 Å². The third kappa shape index (κ3) is 3.26. The molecule has 19 heavy (non-hydrogen) atoms. The smallest absolute Gasteiger partial charge is 0.150 e. The minimum atomic E-state index is -0.682. The Labute approximate surface area is 116 Å². The summed E-state index contributed by atoms with van der Waals surface area (Å²) in [4.78, 5) is 0. The van der Waals surface area contributed by atoms with Crippen molar-refractivity contribution in [2.24, 2.45) is 0 Å². The zero-order valence-corrected chi connectivity index (χ0v) is 11.3. The molecule has 1 aromatic heterocycles. The second-order valence-corrected chi connectivity index (χ2v) is 4.70. The van der Waals surface area contributed by atoms with E-state index in [9.17, 15) is 8.78 Å². The molecule has 2 aromatic rings. The largest absolute Gasteiger partial charge is 0.376 e. The molecule has 0 saturated carbocycles. The van der Waals surface area contributed by atoms with Gasteiger partial charge in [0.1, 0.15) is 5.82 Å². The van der Waals surface area contributed by atoms with Gasteiger partial charge in [-0.15, -0.1) is 0 Å². The van der Waals surface area contributed by atoms with Crippen LogP contribution in [0.5, 0.6) is 0 Å². The number of benzene rings is 1. The van der Waals surface area contributed by atoms with Crippen molar-refractivity contribution in [2.75, 3.05) is 5.32 Å². The second-order valence-electron chi connectivity index (χ2n) is 4.29. The number of hydrogen-bond acceptors (Lipinski definition) is 1. The molecule has 0 aliphatic carbocycles. The zero-order chi connectivity index (χ0) is 13.8. The van der Waals surface area contributed by atoms with E-state index >= 15 is 0 Å². The van der Waals surface area contributed by atoms with Crippen LogP contribution in [0, 0.1) is 11.6 Å². The fourth-order valence-corrected chi connectivity index (χ4v) is 2.22. The van der Waals surface area contributed by atoms with Crippen LogP contribution in [0.25, 0.3) is 0 Å². The maximum absolute atomic E-state index is 13.6. The van der Waals surface area contributed by atoms with Crippen LogP contribution in [0.1, 0.15) is 19.0 Å². The van der Waals surface area contributed by atoms with Crippen molar-refractivity contribution in [1.29, 1.82) is 0 Å². The molecule has 0 bridgehead atoms. The lowest BCUT2D eigenvalue weighted by atomic mass is 10.3. The number of aromatic nitrogens is 1. The molecule has 0 aliphatic heterocycles. The molecule has 102 valence electrons. The molecule has 5 heteroatoms. The summed E-state index contributed by atoms with van der Waals surface area (Å²) in [5.41, 5.74) is 1.16. The van der Waals surface area contributed by atoms with Crippen molar-refractivity contribution in [3.63, 3.8) is 0 Å². The number of rotatable bonds is 5. The van der Waals surface area contributed by atoms with E-state index in [2.05, 4.69) is 16.8 Å². The first-order chi connectivity index (χ1) is 9.11. The number of nitrogens with one attached hydrogen (secondary N) is 1. The van der Waals surface area contributed by atoms with Gasteiger partial charge < -0.3 is 9.88 Å². The molecule has 2 rings (SSSR count). The third-order valence-corrected chi connectivity index (χ3v) is 3.14. The summed E-state index contributed by atoms with van der Waals surface area (Å²) in [6.07, 6.45) is 3.00. The predicted octanol–water partition coefficient (Wildman–Crippen LogP) is 4.44. The van der Waals surface area contributed by atoms with Crippen LogP contribution in [0.3, 0.4) is 0 Å². The average molecular weight is 285 g/mol. The van der Waals surface area contributed by atoms with Gasteiger partial charge in [-0.1, -0.05) is 18.5 Å². The van der Waals surface area contributed by atoms with Crippen LogP contribution < -0.4 is 5.32 Å². The molecular formula is C14H15ClF2N2. The Bertz CT molecular complexity index is 543. The Balaban J connectivity index is 2.12. The van der Waals surface area contributed by atoms with Gasteiger partial charge in [0.25, 0.3) is 0 Å². The van der Waals surface area contributed by atoms with Gasteiger partial charge in [0.15, 0.2) is 5.82 Å². The molecule has 0 fully saturated rings. The minimum Gasteiger partial charge on any atom is -0.376 e. The van der Waals surface area contributed by atoms with Crippen molar-refractivity contribution in [2.45, 2.75) is 26.4 Å². The van der Waals surface area contributed by atoms with Gasteiger partial charge in [-0.25, -0.2) is 8.78 Å². The summed E-state index contributed by atoms with van der Waals surface area (Å²) in [7, 11) is 0. The number of nitrogens with zero attached hydrogens (tertiary/aromatic N) is 1. The van der Waals surface area contributed by atoms with Crippen molar-refractivity contribution in [3.05, 3.63) is 52.8 Å². The van der Waals surface area contributed by atoms with Crippen LogP contribution in [0.2, 0.25) is 5.02 Å². The van der Waals surface area contributed by atoms with Gasteiger partial charge in [0.2, 0.25) is 0 Å². The number of halogens is 3. The van der Waals surface area contributed by atoms with Crippen molar-refractivity contribution < 1.29 is 8.78 Å². The van der Waals surface area contributed by atoms with Crippen LogP contribution in [0.4, 0.5) is 14.5 Å². The van der Waals surface area contributed by atoms with Gasteiger partial charge in [-0.05, 0) is 24.6 Å². The molecule has 0 spiro atoms. The molecular weight excluding hydrogens is 270 g/mol. The van der Waals surface area contributed by atoms with Crippen LogP contribution in [-0.4, -0.2) is 4.57 Å². The van der Waals surface area contributed by atoms with E-state index in [-0.39, 0.29) is 10.7 Å². The molecule has 2 nitrogen and oxygen atoms in total. The Morgan fingerprint density at radius 1 is 1.32 bits per heavy atom. The van der Waals surface area contributed by atoms with Crippen molar-refractivity contribution in [3.8, 4) is 0 Å². The topological polar surface area (TPSA) is 17.0 Å². The Hall–Kier alpha value is -1.55. The highest BCUT2D eigenvalue weighted by Gasteiger charge is 2.10. The van der Waals surface area contributed by atoms with Gasteiger partial charge >= 0.3 is 0 Å². The fourth-order valence-electron chi connectivity index (χ4n) is 1.96. The second kappa shape index (κ2) is 6.06. The standard InChI is InChI=1S/C14H15ClF2N2/c1-2-5-19-6-3-4-11(19)9-18-14-12(15)7-10(16)8-13(14)17/h3-4,6-8,18H,2,5,9H2,1H3. The first-order valence-corrected chi connectivity index (χ1v) is 6.52. The lowest BCUT2D eigenvalue weighted by Gasteiger charge is -2.12. The molecule has 0 atom stereocenters. The molecule has 0 saturated heterocycles. The average Bonchev–Trinajstić information content (AvgIpc) is 2.76. The van der Waals surface area contributed by atoms with E-state index in [4.69, 9.17) is 11.6 Å². The van der Waals surface area contributed by atoms with E-state index in [0.29, 0.717) is 6.54 Å². The zero-order valence-electron chi connectivity index (χ0n) is 10.6. The van der Waals surface area contributed by atoms with E-state index in [0.717, 1.165) is 30.8 Å². The minimum absolute atomic E-state index is 0.0473. The van der Waals surface area contributed by atoms with Gasteiger partial charge in [-0.3, -0.25) is 0 Å². The lowest BCUT2D eigenvalue weighted by molar-refractivity contribution is 0.584. The molecule has 1 aromatic carbocycles. The Kier molecular flexibility index (Phi) is 4.43. The fraction of sp³-hybridized carbons (Fsp3) is 0.286.